The van der Waals surface area contributed by atoms with Crippen molar-refractivity contribution in [2.75, 3.05) is 12.3 Å². The minimum atomic E-state index is -4.89. The predicted molar refractivity (Wildman–Crippen MR) is 114 cm³/mol. The van der Waals surface area contributed by atoms with Gasteiger partial charge in [0.05, 0.1) is 40.7 Å². The Morgan fingerprint density at radius 3 is 2.69 bits per heavy atom. The molecule has 4 aromatic rings. The summed E-state index contributed by atoms with van der Waals surface area (Å²) in [4.78, 5) is 23.1. The van der Waals surface area contributed by atoms with E-state index in [0.717, 1.165) is 12.1 Å². The van der Waals surface area contributed by atoms with Crippen LogP contribution in [0, 0.1) is 11.6 Å². The molecular formula is C23H16F5N5O2. The van der Waals surface area contributed by atoms with Crippen LogP contribution in [0.3, 0.4) is 0 Å². The van der Waals surface area contributed by atoms with Crippen molar-refractivity contribution in [1.29, 1.82) is 0 Å². The van der Waals surface area contributed by atoms with Gasteiger partial charge in [0, 0.05) is 31.0 Å². The molecule has 0 unspecified atom stereocenters. The number of fused-ring (bicyclic) bond motifs is 7. The minimum absolute atomic E-state index is 0.118. The first kappa shape index (κ1) is 21.6. The van der Waals surface area contributed by atoms with E-state index in [9.17, 15) is 22.4 Å². The first-order valence-corrected chi connectivity index (χ1v) is 10.7. The summed E-state index contributed by atoms with van der Waals surface area (Å²) in [6.45, 7) is 0.161. The number of halogens is 5. The molecule has 2 aromatic heterocycles. The van der Waals surface area contributed by atoms with Crippen molar-refractivity contribution < 1.29 is 31.5 Å². The SMILES string of the molecule is Nc1nc2cc(F)c(C(=O)N3CC[C@@H]4C[C@H]3c3cc(F)c(C(F)(F)F)cc3O4)cc2n2cncc12. The van der Waals surface area contributed by atoms with Gasteiger partial charge in [0.15, 0.2) is 0 Å². The number of ether oxygens (including phenoxy) is 1. The second-order valence-corrected chi connectivity index (χ2v) is 8.61. The molecule has 0 radical (unpaired) electrons. The molecule has 35 heavy (non-hydrogen) atoms. The van der Waals surface area contributed by atoms with E-state index in [1.54, 1.807) is 4.40 Å². The lowest BCUT2D eigenvalue weighted by Gasteiger charge is -2.44. The van der Waals surface area contributed by atoms with Gasteiger partial charge in [0.25, 0.3) is 5.91 Å². The highest BCUT2D eigenvalue weighted by molar-refractivity contribution is 5.99. The quantitative estimate of drug-likeness (QED) is 0.398. The molecule has 2 bridgehead atoms. The zero-order chi connectivity index (χ0) is 24.6. The van der Waals surface area contributed by atoms with Crippen LogP contribution in [-0.2, 0) is 6.18 Å². The molecule has 6 rings (SSSR count). The highest BCUT2D eigenvalue weighted by atomic mass is 19.4. The number of anilines is 1. The highest BCUT2D eigenvalue weighted by Crippen LogP contribution is 2.46. The number of hydrogen-bond donors (Lipinski definition) is 1. The molecule has 12 heteroatoms. The molecule has 4 heterocycles. The maximum absolute atomic E-state index is 15.1. The second kappa shape index (κ2) is 7.27. The van der Waals surface area contributed by atoms with Gasteiger partial charge in [0.2, 0.25) is 0 Å². The molecule has 0 saturated carbocycles. The van der Waals surface area contributed by atoms with E-state index in [0.29, 0.717) is 23.5 Å². The molecule has 1 fully saturated rings. The summed E-state index contributed by atoms with van der Waals surface area (Å²) in [6.07, 6.45) is -1.80. The van der Waals surface area contributed by atoms with Gasteiger partial charge in [-0.15, -0.1) is 0 Å². The summed E-state index contributed by atoms with van der Waals surface area (Å²) < 4.78 is 76.3. The predicted octanol–water partition coefficient (Wildman–Crippen LogP) is 4.50. The van der Waals surface area contributed by atoms with Gasteiger partial charge in [-0.05, 0) is 18.2 Å². The number of benzene rings is 2. The summed E-state index contributed by atoms with van der Waals surface area (Å²) >= 11 is 0. The summed E-state index contributed by atoms with van der Waals surface area (Å²) in [5, 5.41) is 0. The third-order valence-corrected chi connectivity index (χ3v) is 6.57. The molecule has 0 spiro atoms. The number of amides is 1. The monoisotopic (exact) mass is 489 g/mol. The van der Waals surface area contributed by atoms with Crippen molar-refractivity contribution in [3.63, 3.8) is 0 Å². The number of imidazole rings is 1. The summed E-state index contributed by atoms with van der Waals surface area (Å²) in [5.41, 5.74) is 5.43. The number of nitrogens with zero attached hydrogens (tertiary/aromatic N) is 4. The Labute approximate surface area is 193 Å². The Morgan fingerprint density at radius 2 is 1.91 bits per heavy atom. The average molecular weight is 489 g/mol. The van der Waals surface area contributed by atoms with Crippen LogP contribution in [0.5, 0.6) is 5.75 Å². The molecule has 2 aromatic carbocycles. The first-order valence-electron chi connectivity index (χ1n) is 10.7. The molecule has 2 N–H and O–H groups in total. The van der Waals surface area contributed by atoms with E-state index in [4.69, 9.17) is 10.5 Å². The fourth-order valence-electron chi connectivity index (χ4n) is 4.92. The largest absolute Gasteiger partial charge is 0.490 e. The maximum Gasteiger partial charge on any atom is 0.419 e. The third-order valence-electron chi connectivity index (χ3n) is 6.57. The number of likely N-dealkylation sites (tertiary alicyclic amines) is 1. The normalized spacial score (nSPS) is 19.6. The van der Waals surface area contributed by atoms with Gasteiger partial charge < -0.3 is 15.4 Å². The number of carbonyl (C=O) groups excluding carboxylic acids is 1. The number of nitrogen functional groups attached to an aromatic ring is 1. The van der Waals surface area contributed by atoms with Crippen molar-refractivity contribution in [2.24, 2.45) is 0 Å². The second-order valence-electron chi connectivity index (χ2n) is 8.61. The van der Waals surface area contributed by atoms with E-state index in [2.05, 4.69) is 9.97 Å². The van der Waals surface area contributed by atoms with Crippen LogP contribution >= 0.6 is 0 Å². The molecule has 2 aliphatic heterocycles. The Hall–Kier alpha value is -3.96. The van der Waals surface area contributed by atoms with Crippen molar-refractivity contribution in [2.45, 2.75) is 31.2 Å². The molecule has 0 aliphatic carbocycles. The Balaban J connectivity index is 1.44. The van der Waals surface area contributed by atoms with E-state index >= 15 is 4.39 Å². The number of aromatic nitrogens is 3. The minimum Gasteiger partial charge on any atom is -0.490 e. The van der Waals surface area contributed by atoms with E-state index in [1.165, 1.54) is 23.5 Å². The van der Waals surface area contributed by atoms with E-state index in [1.807, 2.05) is 0 Å². The molecule has 180 valence electrons. The van der Waals surface area contributed by atoms with Crippen LogP contribution < -0.4 is 10.5 Å². The topological polar surface area (TPSA) is 85.8 Å². The maximum atomic E-state index is 15.1. The van der Waals surface area contributed by atoms with Crippen LogP contribution in [0.15, 0.2) is 36.8 Å². The summed E-state index contributed by atoms with van der Waals surface area (Å²) in [7, 11) is 0. The summed E-state index contributed by atoms with van der Waals surface area (Å²) in [6, 6.07) is 3.05. The number of hydrogen-bond acceptors (Lipinski definition) is 5. The van der Waals surface area contributed by atoms with Gasteiger partial charge in [0.1, 0.15) is 34.8 Å². The molecule has 1 amide bonds. The number of carbonyl (C=O) groups is 1. The fraction of sp³-hybridized carbons (Fsp3) is 0.261. The molecule has 7 nitrogen and oxygen atoms in total. The number of rotatable bonds is 1. The number of alkyl halides is 3. The van der Waals surface area contributed by atoms with Crippen LogP contribution in [0.2, 0.25) is 0 Å². The molecule has 1 saturated heterocycles. The smallest absolute Gasteiger partial charge is 0.419 e. The summed E-state index contributed by atoms with van der Waals surface area (Å²) in [5.74, 6) is -2.95. The van der Waals surface area contributed by atoms with Crippen molar-refractivity contribution >= 4 is 28.3 Å². The van der Waals surface area contributed by atoms with Gasteiger partial charge >= 0.3 is 6.18 Å². The van der Waals surface area contributed by atoms with E-state index in [-0.39, 0.29) is 41.2 Å². The lowest BCUT2D eigenvalue weighted by atomic mass is 9.88. The lowest BCUT2D eigenvalue weighted by molar-refractivity contribution is -0.140. The molecule has 2 aliphatic rings. The Morgan fingerprint density at radius 1 is 1.11 bits per heavy atom. The van der Waals surface area contributed by atoms with Gasteiger partial charge in [-0.2, -0.15) is 13.2 Å². The van der Waals surface area contributed by atoms with Crippen molar-refractivity contribution in [3.8, 4) is 5.75 Å². The van der Waals surface area contributed by atoms with Crippen molar-refractivity contribution in [3.05, 3.63) is 65.1 Å². The van der Waals surface area contributed by atoms with Crippen molar-refractivity contribution in [1.82, 2.24) is 19.3 Å². The van der Waals surface area contributed by atoms with Gasteiger partial charge in [-0.1, -0.05) is 0 Å². The Bertz CT molecular complexity index is 1530. The van der Waals surface area contributed by atoms with Crippen LogP contribution in [0.1, 0.15) is 40.4 Å². The highest BCUT2D eigenvalue weighted by Gasteiger charge is 2.43. The lowest BCUT2D eigenvalue weighted by Crippen LogP contribution is -2.46. The van der Waals surface area contributed by atoms with E-state index < -0.39 is 41.4 Å². The average Bonchev–Trinajstić information content (AvgIpc) is 3.29. The first-order chi connectivity index (χ1) is 16.6. The zero-order valence-electron chi connectivity index (χ0n) is 17.8. The van der Waals surface area contributed by atoms with Gasteiger partial charge in [-0.3, -0.25) is 9.20 Å². The zero-order valence-corrected chi connectivity index (χ0v) is 17.8. The van der Waals surface area contributed by atoms with Crippen LogP contribution in [-0.4, -0.2) is 37.8 Å². The standard InChI is InChI=1S/C23H16F5N5O2/c24-14-7-16-18(33-9-30-8-19(33)21(29)31-16)5-11(14)22(34)32-2-1-10-3-17(32)12-4-15(25)13(23(26,27)28)6-20(12)35-10/h4-10,17H,1-3H2,(H2,29,31)/t10-,17+/m1/s1. The third kappa shape index (κ3) is 3.27. The fourth-order valence-corrected chi connectivity index (χ4v) is 4.92. The molecule has 2 atom stereocenters. The number of piperidine rings is 1. The molecular weight excluding hydrogens is 473 g/mol. The van der Waals surface area contributed by atoms with Crippen LogP contribution in [0.4, 0.5) is 27.8 Å². The van der Waals surface area contributed by atoms with Crippen LogP contribution in [0.25, 0.3) is 16.6 Å². The van der Waals surface area contributed by atoms with Gasteiger partial charge in [-0.25, -0.2) is 18.7 Å². The Kier molecular flexibility index (Phi) is 4.48. The number of nitrogens with two attached hydrogens (primary N) is 1.